The van der Waals surface area contributed by atoms with Gasteiger partial charge >= 0.3 is 5.97 Å². The van der Waals surface area contributed by atoms with E-state index in [4.69, 9.17) is 16.3 Å². The van der Waals surface area contributed by atoms with E-state index in [0.717, 1.165) is 5.56 Å². The Kier molecular flexibility index (Phi) is 6.91. The second-order valence-electron chi connectivity index (χ2n) is 8.42. The zero-order valence-electron chi connectivity index (χ0n) is 18.5. The van der Waals surface area contributed by atoms with Crippen molar-refractivity contribution in [2.45, 2.75) is 20.3 Å². The molecular formula is C25H22BrClN2O5. The zero-order valence-corrected chi connectivity index (χ0v) is 20.9. The maximum absolute atomic E-state index is 12.9. The molecule has 9 heteroatoms. The molecule has 1 aliphatic carbocycles. The van der Waals surface area contributed by atoms with Crippen LogP contribution in [0.25, 0.3) is 0 Å². The van der Waals surface area contributed by atoms with Gasteiger partial charge < -0.3 is 10.1 Å². The van der Waals surface area contributed by atoms with E-state index in [0.29, 0.717) is 27.3 Å². The number of ether oxygens (including phenoxy) is 1. The molecule has 34 heavy (non-hydrogen) atoms. The normalized spacial score (nSPS) is 21.4. The van der Waals surface area contributed by atoms with Crippen molar-refractivity contribution >= 4 is 62.6 Å². The maximum Gasteiger partial charge on any atom is 0.338 e. The molecule has 1 saturated heterocycles. The number of nitrogens with one attached hydrogen (secondary N) is 1. The van der Waals surface area contributed by atoms with Crippen molar-refractivity contribution < 1.29 is 23.9 Å². The summed E-state index contributed by atoms with van der Waals surface area (Å²) in [5, 5.41) is 3.10. The molecule has 1 heterocycles. The Bertz CT molecular complexity index is 1210. The number of anilines is 2. The summed E-state index contributed by atoms with van der Waals surface area (Å²) in [7, 11) is 0. The van der Waals surface area contributed by atoms with Crippen LogP contribution in [0.1, 0.15) is 29.3 Å². The fourth-order valence-corrected chi connectivity index (χ4v) is 4.95. The third-order valence-electron chi connectivity index (χ3n) is 6.11. The lowest BCUT2D eigenvalue weighted by molar-refractivity contribution is -0.123. The predicted octanol–water partition coefficient (Wildman–Crippen LogP) is 4.91. The summed E-state index contributed by atoms with van der Waals surface area (Å²) in [5.74, 6) is -2.35. The second kappa shape index (κ2) is 9.72. The first-order valence-electron chi connectivity index (χ1n) is 10.7. The van der Waals surface area contributed by atoms with Crippen LogP contribution in [0, 0.1) is 24.7 Å². The second-order valence-corrected chi connectivity index (χ2v) is 9.68. The van der Waals surface area contributed by atoms with E-state index in [1.165, 1.54) is 29.2 Å². The molecule has 4 rings (SSSR count). The van der Waals surface area contributed by atoms with Crippen LogP contribution in [-0.2, 0) is 19.1 Å². The standard InChI is InChI=1S/C25H22BrClN2O5/c1-13-4-3-5-17-22(13)24(32)29(23(17)31)16-8-6-15(7-9-16)25(33)34-12-21(30)28-20-11-19(27)18(26)10-14(20)2/h3-4,6-11,13,17,22H,5,12H2,1-2H3,(H,28,30)/t13-,17+,22+/m0/s1. The zero-order chi connectivity index (χ0) is 24.6. The number of allylic oxidation sites excluding steroid dienone is 2. The van der Waals surface area contributed by atoms with Gasteiger partial charge in [-0.2, -0.15) is 0 Å². The summed E-state index contributed by atoms with van der Waals surface area (Å²) < 4.78 is 5.82. The lowest BCUT2D eigenvalue weighted by atomic mass is 9.78. The average molecular weight is 546 g/mol. The molecule has 2 aromatic carbocycles. The van der Waals surface area contributed by atoms with Gasteiger partial charge in [-0.3, -0.25) is 19.3 Å². The Hall–Kier alpha value is -2.97. The first-order chi connectivity index (χ1) is 16.2. The van der Waals surface area contributed by atoms with Crippen LogP contribution in [0.15, 0.2) is 53.0 Å². The van der Waals surface area contributed by atoms with E-state index in [1.807, 2.05) is 26.0 Å². The highest BCUT2D eigenvalue weighted by atomic mass is 79.9. The van der Waals surface area contributed by atoms with E-state index >= 15 is 0 Å². The van der Waals surface area contributed by atoms with Crippen molar-refractivity contribution in [3.63, 3.8) is 0 Å². The van der Waals surface area contributed by atoms with Crippen LogP contribution in [0.5, 0.6) is 0 Å². The summed E-state index contributed by atoms with van der Waals surface area (Å²) in [6.07, 6.45) is 4.47. The third kappa shape index (κ3) is 4.65. The Morgan fingerprint density at radius 1 is 1.18 bits per heavy atom. The van der Waals surface area contributed by atoms with Crippen molar-refractivity contribution in [3.8, 4) is 0 Å². The maximum atomic E-state index is 12.9. The molecule has 0 unspecified atom stereocenters. The smallest absolute Gasteiger partial charge is 0.338 e. The quantitative estimate of drug-likeness (QED) is 0.327. The molecule has 176 valence electrons. The lowest BCUT2D eigenvalue weighted by Gasteiger charge is -2.22. The molecule has 1 fully saturated rings. The molecule has 1 aliphatic heterocycles. The third-order valence-corrected chi connectivity index (χ3v) is 7.31. The molecule has 2 aliphatic rings. The Morgan fingerprint density at radius 3 is 2.56 bits per heavy atom. The molecule has 1 N–H and O–H groups in total. The monoisotopic (exact) mass is 544 g/mol. The average Bonchev–Trinajstić information content (AvgIpc) is 3.07. The van der Waals surface area contributed by atoms with Gasteiger partial charge in [0.25, 0.3) is 5.91 Å². The minimum Gasteiger partial charge on any atom is -0.452 e. The summed E-state index contributed by atoms with van der Waals surface area (Å²) in [5.41, 5.74) is 1.92. The van der Waals surface area contributed by atoms with Crippen molar-refractivity contribution in [1.82, 2.24) is 0 Å². The number of benzene rings is 2. The Labute approximate surface area is 210 Å². The van der Waals surface area contributed by atoms with Gasteiger partial charge in [0, 0.05) is 10.2 Å². The molecule has 2 aromatic rings. The van der Waals surface area contributed by atoms with Crippen LogP contribution in [0.3, 0.4) is 0 Å². The van der Waals surface area contributed by atoms with E-state index in [-0.39, 0.29) is 35.1 Å². The van der Waals surface area contributed by atoms with Gasteiger partial charge in [0.05, 0.1) is 28.1 Å². The van der Waals surface area contributed by atoms with Gasteiger partial charge in [0.2, 0.25) is 11.8 Å². The van der Waals surface area contributed by atoms with Crippen molar-refractivity contribution in [2.75, 3.05) is 16.8 Å². The molecule has 0 saturated carbocycles. The number of carbonyl (C=O) groups excluding carboxylic acids is 4. The van der Waals surface area contributed by atoms with Gasteiger partial charge in [0.15, 0.2) is 6.61 Å². The van der Waals surface area contributed by atoms with E-state index in [9.17, 15) is 19.2 Å². The highest BCUT2D eigenvalue weighted by Gasteiger charge is 2.50. The highest BCUT2D eigenvalue weighted by Crippen LogP contribution is 2.40. The minimum absolute atomic E-state index is 0.00202. The SMILES string of the molecule is Cc1cc(Br)c(Cl)cc1NC(=O)COC(=O)c1ccc(N2C(=O)[C@@H]3[C@@H](C)C=CC[C@H]3C2=O)cc1. The largest absolute Gasteiger partial charge is 0.452 e. The molecule has 0 bridgehead atoms. The topological polar surface area (TPSA) is 92.8 Å². The molecule has 7 nitrogen and oxygen atoms in total. The number of imide groups is 1. The fourth-order valence-electron chi connectivity index (χ4n) is 4.33. The number of hydrogen-bond donors (Lipinski definition) is 1. The minimum atomic E-state index is -0.696. The first-order valence-corrected chi connectivity index (χ1v) is 11.9. The molecule has 3 atom stereocenters. The van der Waals surface area contributed by atoms with E-state index < -0.39 is 18.5 Å². The number of hydrogen-bond acceptors (Lipinski definition) is 5. The van der Waals surface area contributed by atoms with Gasteiger partial charge in [-0.25, -0.2) is 4.79 Å². The number of fused-ring (bicyclic) bond motifs is 1. The molecule has 0 radical (unpaired) electrons. The highest BCUT2D eigenvalue weighted by molar-refractivity contribution is 9.10. The van der Waals surface area contributed by atoms with Gasteiger partial charge in [-0.1, -0.05) is 30.7 Å². The number of nitrogens with zero attached hydrogens (tertiary/aromatic N) is 1. The molecular weight excluding hydrogens is 524 g/mol. The van der Waals surface area contributed by atoms with Crippen LogP contribution < -0.4 is 10.2 Å². The Morgan fingerprint density at radius 2 is 1.88 bits per heavy atom. The number of carbonyl (C=O) groups is 4. The molecule has 0 spiro atoms. The lowest BCUT2D eigenvalue weighted by Crippen LogP contribution is -2.31. The fraction of sp³-hybridized carbons (Fsp3) is 0.280. The van der Waals surface area contributed by atoms with Crippen LogP contribution in [0.4, 0.5) is 11.4 Å². The summed E-state index contributed by atoms with van der Waals surface area (Å²) in [4.78, 5) is 51.5. The number of aryl methyl sites for hydroxylation is 1. The number of halogens is 2. The summed E-state index contributed by atoms with van der Waals surface area (Å²) in [6, 6.07) is 9.39. The Balaban J connectivity index is 1.37. The predicted molar refractivity (Wildman–Crippen MR) is 132 cm³/mol. The number of esters is 1. The van der Waals surface area contributed by atoms with Crippen LogP contribution in [0.2, 0.25) is 5.02 Å². The van der Waals surface area contributed by atoms with Crippen molar-refractivity contribution in [1.29, 1.82) is 0 Å². The van der Waals surface area contributed by atoms with Gasteiger partial charge in [-0.15, -0.1) is 0 Å². The molecule has 3 amide bonds. The summed E-state index contributed by atoms with van der Waals surface area (Å²) in [6.45, 7) is 3.27. The van der Waals surface area contributed by atoms with Crippen LogP contribution in [-0.4, -0.2) is 30.3 Å². The van der Waals surface area contributed by atoms with E-state index in [1.54, 1.807) is 12.1 Å². The molecule has 0 aromatic heterocycles. The van der Waals surface area contributed by atoms with Gasteiger partial charge in [0.1, 0.15) is 0 Å². The van der Waals surface area contributed by atoms with Gasteiger partial charge in [-0.05, 0) is 77.2 Å². The number of rotatable bonds is 5. The van der Waals surface area contributed by atoms with Crippen LogP contribution >= 0.6 is 27.5 Å². The number of amides is 3. The van der Waals surface area contributed by atoms with E-state index in [2.05, 4.69) is 21.2 Å². The summed E-state index contributed by atoms with van der Waals surface area (Å²) >= 11 is 9.38. The first kappa shape index (κ1) is 24.2. The van der Waals surface area contributed by atoms with Crippen molar-refractivity contribution in [2.24, 2.45) is 17.8 Å². The van der Waals surface area contributed by atoms with Crippen molar-refractivity contribution in [3.05, 3.63) is 69.2 Å².